The van der Waals surface area contributed by atoms with Crippen LogP contribution in [0.2, 0.25) is 0 Å². The minimum Gasteiger partial charge on any atom is -0.487 e. The number of unbranched alkanes of at least 4 members (excludes halogenated alkanes) is 1. The monoisotopic (exact) mass is 410 g/mol. The molecule has 2 rings (SSSR count). The Morgan fingerprint density at radius 3 is 2.47 bits per heavy atom. The van der Waals surface area contributed by atoms with Crippen LogP contribution >= 0.6 is 0 Å². The zero-order chi connectivity index (χ0) is 21.9. The Morgan fingerprint density at radius 1 is 1.10 bits per heavy atom. The average molecular weight is 411 g/mol. The van der Waals surface area contributed by atoms with Crippen molar-refractivity contribution in [1.82, 2.24) is 10.2 Å². The summed E-state index contributed by atoms with van der Waals surface area (Å²) in [6.45, 7) is 5.35. The van der Waals surface area contributed by atoms with Crippen LogP contribution in [0.3, 0.4) is 0 Å². The third-order valence-corrected chi connectivity index (χ3v) is 4.55. The number of ether oxygens (including phenoxy) is 1. The van der Waals surface area contributed by atoms with Crippen LogP contribution < -0.4 is 5.32 Å². The first-order chi connectivity index (χ1) is 14.4. The van der Waals surface area contributed by atoms with Gasteiger partial charge in [-0.1, -0.05) is 55.8 Å². The first-order valence-corrected chi connectivity index (χ1v) is 10.2. The molecule has 0 fully saturated rings. The van der Waals surface area contributed by atoms with Gasteiger partial charge in [0.15, 0.2) is 0 Å². The van der Waals surface area contributed by atoms with Crippen LogP contribution in [0.5, 0.6) is 0 Å². The Bertz CT molecular complexity index is 875. The Balaban J connectivity index is 2.09. The lowest BCUT2D eigenvalue weighted by atomic mass is 10.0. The van der Waals surface area contributed by atoms with E-state index < -0.39 is 5.97 Å². The first-order valence-electron chi connectivity index (χ1n) is 10.2. The van der Waals surface area contributed by atoms with E-state index in [0.717, 1.165) is 35.1 Å². The fraction of sp³-hybridized carbons (Fsp3) is 0.333. The number of carbonyl (C=O) groups is 2. The minimum absolute atomic E-state index is 0.0754. The molecule has 0 bridgehead atoms. The fourth-order valence-corrected chi connectivity index (χ4v) is 2.95. The van der Waals surface area contributed by atoms with Crippen molar-refractivity contribution >= 4 is 18.1 Å². The van der Waals surface area contributed by atoms with Crippen molar-refractivity contribution in [3.8, 4) is 11.1 Å². The van der Waals surface area contributed by atoms with Crippen molar-refractivity contribution < 1.29 is 19.4 Å². The molecule has 2 aromatic carbocycles. The molecular formula is C24H30N2O4. The van der Waals surface area contributed by atoms with Gasteiger partial charge in [0.1, 0.15) is 0 Å². The second-order valence-electron chi connectivity index (χ2n) is 7.01. The molecule has 160 valence electrons. The summed E-state index contributed by atoms with van der Waals surface area (Å²) >= 11 is 0. The number of rotatable bonds is 10. The number of hydrogen-bond donors (Lipinski definition) is 2. The Hall–Kier alpha value is -3.28. The van der Waals surface area contributed by atoms with E-state index in [1.54, 1.807) is 18.9 Å². The molecule has 0 saturated heterocycles. The summed E-state index contributed by atoms with van der Waals surface area (Å²) in [5, 5.41) is 12.1. The predicted molar refractivity (Wildman–Crippen MR) is 119 cm³/mol. The summed E-state index contributed by atoms with van der Waals surface area (Å²) in [4.78, 5) is 25.0. The molecule has 0 aliphatic carbocycles. The summed E-state index contributed by atoms with van der Waals surface area (Å²) in [6, 6.07) is 15.6. The number of benzene rings is 2. The largest absolute Gasteiger partial charge is 0.487 e. The van der Waals surface area contributed by atoms with E-state index in [-0.39, 0.29) is 11.8 Å². The molecule has 0 aromatic heterocycles. The van der Waals surface area contributed by atoms with Gasteiger partial charge in [-0.3, -0.25) is 0 Å². The van der Waals surface area contributed by atoms with Crippen LogP contribution in [0.25, 0.3) is 17.2 Å². The Morgan fingerprint density at radius 2 is 1.83 bits per heavy atom. The van der Waals surface area contributed by atoms with Gasteiger partial charge in [-0.2, -0.15) is 0 Å². The number of nitrogens with one attached hydrogen (secondary N) is 1. The number of carboxylic acid groups (broad SMARTS) is 1. The van der Waals surface area contributed by atoms with Gasteiger partial charge in [0.05, 0.1) is 6.61 Å². The van der Waals surface area contributed by atoms with Crippen LogP contribution in [-0.2, 0) is 16.1 Å². The fourth-order valence-electron chi connectivity index (χ4n) is 2.95. The summed E-state index contributed by atoms with van der Waals surface area (Å²) < 4.78 is 5.15. The van der Waals surface area contributed by atoms with Crippen molar-refractivity contribution in [1.29, 1.82) is 0 Å². The first kappa shape index (κ1) is 23.0. The van der Waals surface area contributed by atoms with Crippen molar-refractivity contribution in [3.63, 3.8) is 0 Å². The van der Waals surface area contributed by atoms with Gasteiger partial charge in [0.25, 0.3) is 0 Å². The lowest BCUT2D eigenvalue weighted by Gasteiger charge is -2.18. The molecule has 0 radical (unpaired) electrons. The number of carboxylic acids is 1. The van der Waals surface area contributed by atoms with E-state index in [2.05, 4.69) is 18.3 Å². The van der Waals surface area contributed by atoms with Crippen molar-refractivity contribution in [2.24, 2.45) is 0 Å². The predicted octanol–water partition coefficient (Wildman–Crippen LogP) is 4.76. The number of hydrogen-bond acceptors (Lipinski definition) is 3. The summed E-state index contributed by atoms with van der Waals surface area (Å²) in [5.74, 6) is -1.16. The normalized spacial score (nSPS) is 11.1. The number of nitrogens with zero attached hydrogens (tertiary/aromatic N) is 1. The lowest BCUT2D eigenvalue weighted by molar-refractivity contribution is -0.136. The number of aliphatic carboxylic acids is 1. The molecule has 0 atom stereocenters. The molecule has 30 heavy (non-hydrogen) atoms. The second kappa shape index (κ2) is 11.7. The third-order valence-electron chi connectivity index (χ3n) is 4.55. The minimum atomic E-state index is -1.09. The second-order valence-corrected chi connectivity index (χ2v) is 7.01. The summed E-state index contributed by atoms with van der Waals surface area (Å²) in [7, 11) is 1.79. The van der Waals surface area contributed by atoms with Crippen molar-refractivity contribution in [2.75, 3.05) is 20.2 Å². The summed E-state index contributed by atoms with van der Waals surface area (Å²) in [5.41, 5.74) is 3.83. The molecule has 0 saturated carbocycles. The highest BCUT2D eigenvalue weighted by Gasteiger charge is 2.10. The highest BCUT2D eigenvalue weighted by atomic mass is 16.5. The molecule has 0 aliphatic heterocycles. The maximum atomic E-state index is 12.2. The molecule has 6 heteroatoms. The van der Waals surface area contributed by atoms with Crippen molar-refractivity contribution in [2.45, 2.75) is 33.2 Å². The molecule has 0 aliphatic rings. The standard InChI is InChI=1S/C24H30N2O4/c1-4-6-14-25-24(29)26(3)17-19-8-7-9-21(15-19)20-12-10-18(11-13-20)16-22(23(27)28)30-5-2/h7-13,15-16H,4-6,14,17H2,1-3H3,(H,25,29)(H,27,28)/b22-16+. The highest BCUT2D eigenvalue weighted by molar-refractivity contribution is 5.90. The van der Waals surface area contributed by atoms with Gasteiger partial charge in [-0.15, -0.1) is 0 Å². The van der Waals surface area contributed by atoms with Crippen LogP contribution in [-0.4, -0.2) is 42.2 Å². The molecule has 2 aromatic rings. The molecular weight excluding hydrogens is 380 g/mol. The van der Waals surface area contributed by atoms with E-state index in [0.29, 0.717) is 19.7 Å². The average Bonchev–Trinajstić information content (AvgIpc) is 2.74. The zero-order valence-electron chi connectivity index (χ0n) is 17.9. The van der Waals surface area contributed by atoms with Crippen LogP contribution in [0.4, 0.5) is 4.79 Å². The third kappa shape index (κ3) is 6.95. The molecule has 2 amide bonds. The van der Waals surface area contributed by atoms with Crippen LogP contribution in [0.1, 0.15) is 37.8 Å². The van der Waals surface area contributed by atoms with E-state index in [1.807, 2.05) is 42.5 Å². The molecule has 0 heterocycles. The van der Waals surface area contributed by atoms with Gasteiger partial charge in [-0.25, -0.2) is 9.59 Å². The van der Waals surface area contributed by atoms with Gasteiger partial charge in [0, 0.05) is 20.1 Å². The SMILES string of the molecule is CCCCNC(=O)N(C)Cc1cccc(-c2ccc(/C=C(/OCC)C(=O)O)cc2)c1. The maximum absolute atomic E-state index is 12.2. The van der Waals surface area contributed by atoms with Gasteiger partial charge >= 0.3 is 12.0 Å². The van der Waals surface area contributed by atoms with Gasteiger partial charge < -0.3 is 20.1 Å². The number of carbonyl (C=O) groups excluding carboxylic acids is 1. The Kier molecular flexibility index (Phi) is 8.94. The van der Waals surface area contributed by atoms with E-state index in [4.69, 9.17) is 4.74 Å². The summed E-state index contributed by atoms with van der Waals surface area (Å²) in [6.07, 6.45) is 3.53. The van der Waals surface area contributed by atoms with Crippen LogP contribution in [0, 0.1) is 0 Å². The molecule has 6 nitrogen and oxygen atoms in total. The molecule has 0 spiro atoms. The van der Waals surface area contributed by atoms with Gasteiger partial charge in [-0.05, 0) is 47.7 Å². The van der Waals surface area contributed by atoms with E-state index >= 15 is 0 Å². The van der Waals surface area contributed by atoms with Crippen LogP contribution in [0.15, 0.2) is 54.3 Å². The van der Waals surface area contributed by atoms with Gasteiger partial charge in [0.2, 0.25) is 5.76 Å². The smallest absolute Gasteiger partial charge is 0.371 e. The number of amides is 2. The lowest BCUT2D eigenvalue weighted by Crippen LogP contribution is -2.37. The Labute approximate surface area is 178 Å². The highest BCUT2D eigenvalue weighted by Crippen LogP contribution is 2.22. The van der Waals surface area contributed by atoms with E-state index in [9.17, 15) is 14.7 Å². The topological polar surface area (TPSA) is 78.9 Å². The maximum Gasteiger partial charge on any atom is 0.371 e. The van der Waals surface area contributed by atoms with Crippen molar-refractivity contribution in [3.05, 3.63) is 65.4 Å². The zero-order valence-corrected chi connectivity index (χ0v) is 17.9. The quantitative estimate of drug-likeness (QED) is 0.336. The molecule has 2 N–H and O–H groups in total. The molecule has 0 unspecified atom stereocenters. The van der Waals surface area contributed by atoms with E-state index in [1.165, 1.54) is 6.08 Å². The number of urea groups is 1.